The number of carbonyl (C=O) groups is 1. The van der Waals surface area contributed by atoms with Crippen LogP contribution in [0.5, 0.6) is 0 Å². The Morgan fingerprint density at radius 1 is 1.32 bits per heavy atom. The summed E-state index contributed by atoms with van der Waals surface area (Å²) in [6.07, 6.45) is 6.49. The number of amides is 1. The molecule has 0 aromatic carbocycles. The molecular weight excluding hydrogens is 314 g/mol. The molecule has 0 saturated carbocycles. The summed E-state index contributed by atoms with van der Waals surface area (Å²) in [7, 11) is 0. The number of aromatic nitrogens is 1. The molecule has 0 bridgehead atoms. The quantitative estimate of drug-likeness (QED) is 0.769. The number of hydrogen-bond donors (Lipinski definition) is 0. The van der Waals surface area contributed by atoms with Gasteiger partial charge in [0.05, 0.1) is 0 Å². The van der Waals surface area contributed by atoms with Crippen LogP contribution in [-0.2, 0) is 4.74 Å². The first-order valence-electron chi connectivity index (χ1n) is 9.56. The van der Waals surface area contributed by atoms with Crippen LogP contribution in [0.1, 0.15) is 71.9 Å². The van der Waals surface area contributed by atoms with Crippen LogP contribution in [0.3, 0.4) is 0 Å². The van der Waals surface area contributed by atoms with Gasteiger partial charge in [0, 0.05) is 18.8 Å². The van der Waals surface area contributed by atoms with Crippen LogP contribution in [0.2, 0.25) is 0 Å². The van der Waals surface area contributed by atoms with Crippen molar-refractivity contribution >= 4 is 11.9 Å². The predicted molar refractivity (Wildman–Crippen MR) is 102 cm³/mol. The highest BCUT2D eigenvalue weighted by Gasteiger charge is 2.25. The lowest BCUT2D eigenvalue weighted by atomic mass is 9.96. The van der Waals surface area contributed by atoms with Gasteiger partial charge in [0.25, 0.3) is 0 Å². The van der Waals surface area contributed by atoms with Crippen LogP contribution in [0.25, 0.3) is 0 Å². The van der Waals surface area contributed by atoms with Gasteiger partial charge in [-0.15, -0.1) is 0 Å². The largest absolute Gasteiger partial charge is 0.443 e. The molecule has 1 fully saturated rings. The van der Waals surface area contributed by atoms with Crippen molar-refractivity contribution in [3.8, 4) is 0 Å². The van der Waals surface area contributed by atoms with E-state index in [4.69, 9.17) is 4.74 Å². The summed E-state index contributed by atoms with van der Waals surface area (Å²) < 4.78 is 5.48. The third-order valence-electron chi connectivity index (χ3n) is 4.49. The van der Waals surface area contributed by atoms with Gasteiger partial charge in [0.2, 0.25) is 0 Å². The van der Waals surface area contributed by atoms with Crippen LogP contribution >= 0.6 is 0 Å². The molecule has 5 nitrogen and oxygen atoms in total. The molecule has 140 valence electrons. The first-order chi connectivity index (χ1) is 11.9. The van der Waals surface area contributed by atoms with Gasteiger partial charge in [-0.2, -0.15) is 0 Å². The Balaban J connectivity index is 2.13. The van der Waals surface area contributed by atoms with Crippen molar-refractivity contribution in [2.45, 2.75) is 71.9 Å². The van der Waals surface area contributed by atoms with E-state index < -0.39 is 5.60 Å². The SMILES string of the molecule is CCCN1CCCCC1c1ccc(N(CC)C(=O)OC(C)(C)C)nc1. The van der Waals surface area contributed by atoms with Crippen LogP contribution < -0.4 is 4.90 Å². The molecule has 25 heavy (non-hydrogen) atoms. The molecule has 1 aromatic rings. The van der Waals surface area contributed by atoms with Crippen molar-refractivity contribution in [2.75, 3.05) is 24.5 Å². The molecule has 2 heterocycles. The normalized spacial score (nSPS) is 18.8. The van der Waals surface area contributed by atoms with Gasteiger partial charge < -0.3 is 4.74 Å². The third kappa shape index (κ3) is 5.43. The van der Waals surface area contributed by atoms with Crippen molar-refractivity contribution in [1.29, 1.82) is 0 Å². The molecule has 0 aliphatic carbocycles. The molecular formula is C20H33N3O2. The first-order valence-corrected chi connectivity index (χ1v) is 9.56. The number of piperidine rings is 1. The molecule has 1 amide bonds. The zero-order chi connectivity index (χ0) is 18.4. The number of nitrogens with zero attached hydrogens (tertiary/aromatic N) is 3. The van der Waals surface area contributed by atoms with Crippen molar-refractivity contribution < 1.29 is 9.53 Å². The minimum atomic E-state index is -0.507. The lowest BCUT2D eigenvalue weighted by Gasteiger charge is -2.35. The summed E-state index contributed by atoms with van der Waals surface area (Å²) in [5.74, 6) is 0.651. The maximum Gasteiger partial charge on any atom is 0.415 e. The van der Waals surface area contributed by atoms with Gasteiger partial charge in [0.1, 0.15) is 11.4 Å². The summed E-state index contributed by atoms with van der Waals surface area (Å²) in [4.78, 5) is 21.1. The topological polar surface area (TPSA) is 45.7 Å². The third-order valence-corrected chi connectivity index (χ3v) is 4.49. The van der Waals surface area contributed by atoms with Crippen molar-refractivity contribution in [3.05, 3.63) is 23.9 Å². The van der Waals surface area contributed by atoms with E-state index in [1.54, 1.807) is 4.90 Å². The summed E-state index contributed by atoms with van der Waals surface area (Å²) in [6.45, 7) is 12.6. The van der Waals surface area contributed by atoms with E-state index in [2.05, 4.69) is 22.9 Å². The zero-order valence-electron chi connectivity index (χ0n) is 16.4. The van der Waals surface area contributed by atoms with E-state index in [9.17, 15) is 4.79 Å². The maximum atomic E-state index is 12.4. The Morgan fingerprint density at radius 2 is 2.08 bits per heavy atom. The van der Waals surface area contributed by atoms with E-state index in [-0.39, 0.29) is 6.09 Å². The molecule has 1 aliphatic heterocycles. The standard InChI is InChI=1S/C20H33N3O2/c1-6-13-22-14-9-8-10-17(22)16-11-12-18(21-15-16)23(7-2)19(24)25-20(3,4)5/h11-12,15,17H,6-10,13-14H2,1-5H3. The molecule has 1 atom stereocenters. The zero-order valence-corrected chi connectivity index (χ0v) is 16.4. The van der Waals surface area contributed by atoms with Crippen LogP contribution in [0.15, 0.2) is 18.3 Å². The molecule has 5 heteroatoms. The summed E-state index contributed by atoms with van der Waals surface area (Å²) in [5.41, 5.74) is 0.741. The highest BCUT2D eigenvalue weighted by atomic mass is 16.6. The van der Waals surface area contributed by atoms with Gasteiger partial charge >= 0.3 is 6.09 Å². The summed E-state index contributed by atoms with van der Waals surface area (Å²) in [6, 6.07) is 4.52. The van der Waals surface area contributed by atoms with Gasteiger partial charge in [-0.05, 0) is 71.7 Å². The average Bonchev–Trinajstić information content (AvgIpc) is 2.55. The second-order valence-corrected chi connectivity index (χ2v) is 7.72. The smallest absolute Gasteiger partial charge is 0.415 e. The summed E-state index contributed by atoms with van der Waals surface area (Å²) in [5, 5.41) is 0. The van der Waals surface area contributed by atoms with Crippen molar-refractivity contribution in [1.82, 2.24) is 9.88 Å². The number of rotatable bonds is 5. The Kier molecular flexibility index (Phi) is 6.82. The predicted octanol–water partition coefficient (Wildman–Crippen LogP) is 4.78. The van der Waals surface area contributed by atoms with E-state index >= 15 is 0 Å². The van der Waals surface area contributed by atoms with Crippen molar-refractivity contribution in [2.24, 2.45) is 0 Å². The van der Waals surface area contributed by atoms with Gasteiger partial charge in [0.15, 0.2) is 0 Å². The second-order valence-electron chi connectivity index (χ2n) is 7.72. The molecule has 1 saturated heterocycles. The van der Waals surface area contributed by atoms with Crippen LogP contribution in [-0.4, -0.2) is 41.2 Å². The fraction of sp³-hybridized carbons (Fsp3) is 0.700. The van der Waals surface area contributed by atoms with Crippen LogP contribution in [0, 0.1) is 0 Å². The van der Waals surface area contributed by atoms with E-state index in [1.807, 2.05) is 40.0 Å². The molecule has 0 spiro atoms. The Bertz CT molecular complexity index is 549. The lowest BCUT2D eigenvalue weighted by Crippen LogP contribution is -2.37. The number of pyridine rings is 1. The monoisotopic (exact) mass is 347 g/mol. The highest BCUT2D eigenvalue weighted by Crippen LogP contribution is 2.31. The van der Waals surface area contributed by atoms with Crippen LogP contribution in [0.4, 0.5) is 10.6 Å². The van der Waals surface area contributed by atoms with Gasteiger partial charge in [-0.3, -0.25) is 9.80 Å². The number of carbonyl (C=O) groups excluding carboxylic acids is 1. The Hall–Kier alpha value is -1.62. The maximum absolute atomic E-state index is 12.4. The fourth-order valence-corrected chi connectivity index (χ4v) is 3.38. The van der Waals surface area contributed by atoms with E-state index in [0.29, 0.717) is 18.4 Å². The minimum absolute atomic E-state index is 0.347. The fourth-order valence-electron chi connectivity index (χ4n) is 3.38. The molecule has 2 rings (SSSR count). The number of likely N-dealkylation sites (tertiary alicyclic amines) is 1. The molecule has 0 N–H and O–H groups in total. The lowest BCUT2D eigenvalue weighted by molar-refractivity contribution is 0.0581. The Morgan fingerprint density at radius 3 is 2.64 bits per heavy atom. The van der Waals surface area contributed by atoms with Crippen molar-refractivity contribution in [3.63, 3.8) is 0 Å². The van der Waals surface area contributed by atoms with E-state index in [1.165, 1.54) is 37.8 Å². The Labute approximate surface area is 152 Å². The van der Waals surface area contributed by atoms with Gasteiger partial charge in [-0.25, -0.2) is 9.78 Å². The molecule has 1 unspecified atom stereocenters. The molecule has 1 aromatic heterocycles. The molecule has 1 aliphatic rings. The second kappa shape index (κ2) is 8.65. The highest BCUT2D eigenvalue weighted by molar-refractivity contribution is 5.86. The first kappa shape index (κ1) is 19.7. The average molecular weight is 348 g/mol. The number of hydrogen-bond acceptors (Lipinski definition) is 4. The minimum Gasteiger partial charge on any atom is -0.443 e. The number of ether oxygens (including phenoxy) is 1. The van der Waals surface area contributed by atoms with Gasteiger partial charge in [-0.1, -0.05) is 19.4 Å². The molecule has 0 radical (unpaired) electrons. The van der Waals surface area contributed by atoms with E-state index in [0.717, 1.165) is 6.54 Å². The number of anilines is 1. The summed E-state index contributed by atoms with van der Waals surface area (Å²) >= 11 is 0.